The monoisotopic (exact) mass is 401 g/mol. The van der Waals surface area contributed by atoms with E-state index in [9.17, 15) is 0 Å². The number of nitrogens with one attached hydrogen (secondary N) is 1. The number of hydrogen-bond acceptors (Lipinski definition) is 2. The molecule has 1 aliphatic heterocycles. The van der Waals surface area contributed by atoms with Crippen LogP contribution in [-0.2, 0) is 4.74 Å². The first-order valence-electron chi connectivity index (χ1n) is 13.3. The fourth-order valence-electron chi connectivity index (χ4n) is 9.60. The Bertz CT molecular complexity index is 605. The van der Waals surface area contributed by atoms with Crippen LogP contribution < -0.4 is 5.32 Å². The molecule has 0 aromatic heterocycles. The molecular formula is C27H47NO. The number of ether oxygens (including phenoxy) is 1. The Balaban J connectivity index is 1.33. The Morgan fingerprint density at radius 3 is 2.62 bits per heavy atom. The van der Waals surface area contributed by atoms with Gasteiger partial charge >= 0.3 is 0 Å². The molecule has 1 N–H and O–H groups in total. The van der Waals surface area contributed by atoms with Crippen molar-refractivity contribution < 1.29 is 4.74 Å². The van der Waals surface area contributed by atoms with Crippen molar-refractivity contribution in [2.24, 2.45) is 52.3 Å². The summed E-state index contributed by atoms with van der Waals surface area (Å²) in [6.07, 6.45) is 15.5. The van der Waals surface area contributed by atoms with Gasteiger partial charge in [-0.25, -0.2) is 0 Å². The van der Waals surface area contributed by atoms with Crippen LogP contribution in [-0.4, -0.2) is 18.9 Å². The molecule has 9 unspecified atom stereocenters. The predicted octanol–water partition coefficient (Wildman–Crippen LogP) is 6.64. The van der Waals surface area contributed by atoms with E-state index in [1.807, 2.05) is 0 Å². The van der Waals surface area contributed by atoms with E-state index in [4.69, 9.17) is 4.74 Å². The Labute approximate surface area is 180 Å². The molecule has 0 spiro atoms. The lowest BCUT2D eigenvalue weighted by Crippen LogP contribution is -2.53. The minimum atomic E-state index is 0.293. The molecule has 4 saturated carbocycles. The highest BCUT2D eigenvalue weighted by atomic mass is 16.5. The molecular weight excluding hydrogens is 354 g/mol. The third-order valence-electron chi connectivity index (χ3n) is 11.4. The van der Waals surface area contributed by atoms with Crippen molar-refractivity contribution in [3.05, 3.63) is 0 Å². The van der Waals surface area contributed by atoms with Gasteiger partial charge in [-0.15, -0.1) is 0 Å². The van der Waals surface area contributed by atoms with E-state index >= 15 is 0 Å². The van der Waals surface area contributed by atoms with E-state index in [0.717, 1.165) is 42.1 Å². The van der Waals surface area contributed by atoms with Gasteiger partial charge in [0.25, 0.3) is 0 Å². The lowest BCUT2D eigenvalue weighted by atomic mass is 9.44. The van der Waals surface area contributed by atoms with Gasteiger partial charge < -0.3 is 4.74 Å². The first kappa shape index (κ1) is 20.8. The standard InChI is InChI=1S/C27H47NO/c1-6-17(2)16-28-25-18(3)24-23(29-25)15-22-20-11-10-19-9-7-8-13-26(19,4)21(20)12-14-27(22,24)5/h17-25,28H,6-16H2,1-5H3/t17-,18?,19?,20?,21?,22?,23-,24?,25?,26?,27?/m0/s1. The van der Waals surface area contributed by atoms with Crippen molar-refractivity contribution in [3.8, 4) is 0 Å². The van der Waals surface area contributed by atoms with Crippen LogP contribution >= 0.6 is 0 Å². The van der Waals surface area contributed by atoms with E-state index < -0.39 is 0 Å². The molecule has 1 saturated heterocycles. The number of hydrogen-bond donors (Lipinski definition) is 1. The third-order valence-corrected chi connectivity index (χ3v) is 11.4. The third kappa shape index (κ3) is 3.09. The van der Waals surface area contributed by atoms with E-state index in [1.54, 1.807) is 0 Å². The van der Waals surface area contributed by atoms with Crippen molar-refractivity contribution >= 4 is 0 Å². The van der Waals surface area contributed by atoms with Crippen molar-refractivity contribution in [1.82, 2.24) is 5.32 Å². The van der Waals surface area contributed by atoms with Crippen molar-refractivity contribution in [3.63, 3.8) is 0 Å². The molecule has 2 heteroatoms. The molecule has 1 heterocycles. The van der Waals surface area contributed by atoms with Gasteiger partial charge in [0.15, 0.2) is 0 Å². The van der Waals surface area contributed by atoms with Gasteiger partial charge in [-0.3, -0.25) is 5.32 Å². The molecule has 166 valence electrons. The van der Waals surface area contributed by atoms with Gasteiger partial charge in [-0.2, -0.15) is 0 Å². The van der Waals surface area contributed by atoms with Crippen LogP contribution in [0.25, 0.3) is 0 Å². The zero-order chi connectivity index (χ0) is 20.4. The molecule has 5 aliphatic rings. The Kier molecular flexibility index (Phi) is 5.38. The van der Waals surface area contributed by atoms with Gasteiger partial charge in [-0.05, 0) is 91.3 Å². The highest BCUT2D eigenvalue weighted by molar-refractivity contribution is 5.13. The second-order valence-electron chi connectivity index (χ2n) is 12.6. The first-order valence-corrected chi connectivity index (χ1v) is 13.3. The van der Waals surface area contributed by atoms with Crippen molar-refractivity contribution in [2.75, 3.05) is 6.54 Å². The average Bonchev–Trinajstić information content (AvgIpc) is 3.19. The summed E-state index contributed by atoms with van der Waals surface area (Å²) in [5.41, 5.74) is 1.18. The van der Waals surface area contributed by atoms with E-state index in [1.165, 1.54) is 64.2 Å². The lowest BCUT2D eigenvalue weighted by Gasteiger charge is -2.60. The zero-order valence-electron chi connectivity index (χ0n) is 19.9. The highest BCUT2D eigenvalue weighted by Crippen LogP contribution is 2.69. The Morgan fingerprint density at radius 1 is 1.00 bits per heavy atom. The van der Waals surface area contributed by atoms with Gasteiger partial charge in [-0.1, -0.05) is 53.9 Å². The Hall–Kier alpha value is -0.0800. The highest BCUT2D eigenvalue weighted by Gasteiger charge is 2.65. The fourth-order valence-corrected chi connectivity index (χ4v) is 9.60. The summed E-state index contributed by atoms with van der Waals surface area (Å²) in [7, 11) is 0. The molecule has 29 heavy (non-hydrogen) atoms. The largest absolute Gasteiger partial charge is 0.360 e. The summed E-state index contributed by atoms with van der Waals surface area (Å²) >= 11 is 0. The molecule has 11 atom stereocenters. The van der Waals surface area contributed by atoms with E-state index in [2.05, 4.69) is 39.9 Å². The van der Waals surface area contributed by atoms with Gasteiger partial charge in [0.2, 0.25) is 0 Å². The van der Waals surface area contributed by atoms with Crippen molar-refractivity contribution in [2.45, 2.75) is 111 Å². The molecule has 2 nitrogen and oxygen atoms in total. The summed E-state index contributed by atoms with van der Waals surface area (Å²) in [5, 5.41) is 3.80. The van der Waals surface area contributed by atoms with Crippen LogP contribution in [0.3, 0.4) is 0 Å². The smallest absolute Gasteiger partial charge is 0.111 e. The number of fused-ring (bicyclic) bond motifs is 7. The van der Waals surface area contributed by atoms with E-state index in [-0.39, 0.29) is 0 Å². The van der Waals surface area contributed by atoms with Crippen LogP contribution in [0.4, 0.5) is 0 Å². The topological polar surface area (TPSA) is 21.3 Å². The Morgan fingerprint density at radius 2 is 1.83 bits per heavy atom. The molecule has 5 fully saturated rings. The SMILES string of the molecule is CC[C@H](C)CNC1O[C@H]2CC3C4CCC5CCCCC5(C)C4CCC3(C)C2C1C. The quantitative estimate of drug-likeness (QED) is 0.570. The van der Waals surface area contributed by atoms with Crippen LogP contribution in [0.5, 0.6) is 0 Å². The van der Waals surface area contributed by atoms with Gasteiger partial charge in [0, 0.05) is 12.5 Å². The molecule has 5 rings (SSSR count). The minimum Gasteiger partial charge on any atom is -0.360 e. The molecule has 0 amide bonds. The van der Waals surface area contributed by atoms with Crippen molar-refractivity contribution in [1.29, 1.82) is 0 Å². The molecule has 0 aromatic carbocycles. The summed E-state index contributed by atoms with van der Waals surface area (Å²) in [6.45, 7) is 13.7. The summed E-state index contributed by atoms with van der Waals surface area (Å²) in [5.74, 6) is 6.14. The zero-order valence-corrected chi connectivity index (χ0v) is 19.9. The second kappa shape index (κ2) is 7.51. The van der Waals surface area contributed by atoms with Crippen LogP contribution in [0.2, 0.25) is 0 Å². The predicted molar refractivity (Wildman–Crippen MR) is 120 cm³/mol. The van der Waals surface area contributed by atoms with E-state index in [0.29, 0.717) is 29.1 Å². The summed E-state index contributed by atoms with van der Waals surface area (Å²) < 4.78 is 6.75. The molecule has 0 radical (unpaired) electrons. The normalized spacial score (nSPS) is 54.9. The fraction of sp³-hybridized carbons (Fsp3) is 1.00. The summed E-state index contributed by atoms with van der Waals surface area (Å²) in [6, 6.07) is 0. The lowest BCUT2D eigenvalue weighted by molar-refractivity contribution is -0.115. The minimum absolute atomic E-state index is 0.293. The van der Waals surface area contributed by atoms with Gasteiger partial charge in [0.05, 0.1) is 6.10 Å². The second-order valence-corrected chi connectivity index (χ2v) is 12.6. The number of rotatable bonds is 4. The average molecular weight is 402 g/mol. The first-order chi connectivity index (χ1) is 13.9. The van der Waals surface area contributed by atoms with Crippen LogP contribution in [0.15, 0.2) is 0 Å². The molecule has 4 aliphatic carbocycles. The molecule has 0 aromatic rings. The maximum atomic E-state index is 6.75. The maximum absolute atomic E-state index is 6.75. The molecule has 0 bridgehead atoms. The van der Waals surface area contributed by atoms with Gasteiger partial charge in [0.1, 0.15) is 6.23 Å². The van der Waals surface area contributed by atoms with Crippen LogP contribution in [0.1, 0.15) is 98.8 Å². The summed E-state index contributed by atoms with van der Waals surface area (Å²) in [4.78, 5) is 0. The maximum Gasteiger partial charge on any atom is 0.111 e. The van der Waals surface area contributed by atoms with Crippen LogP contribution in [0, 0.1) is 52.3 Å².